The highest BCUT2D eigenvalue weighted by Crippen LogP contribution is 2.33. The molecular formula is C18H18N2O4S. The van der Waals surface area contributed by atoms with Gasteiger partial charge in [-0.05, 0) is 36.8 Å². The van der Waals surface area contributed by atoms with Crippen molar-refractivity contribution in [3.63, 3.8) is 0 Å². The largest absolute Gasteiger partial charge is 0.472 e. The van der Waals surface area contributed by atoms with Gasteiger partial charge in [0.25, 0.3) is 5.91 Å². The first-order valence-electron chi connectivity index (χ1n) is 8.23. The molecule has 130 valence electrons. The van der Waals surface area contributed by atoms with Crippen molar-refractivity contribution in [2.75, 3.05) is 6.54 Å². The van der Waals surface area contributed by atoms with Crippen molar-refractivity contribution in [1.29, 1.82) is 0 Å². The topological polar surface area (TPSA) is 88.5 Å². The fourth-order valence-corrected chi connectivity index (χ4v) is 4.05. The van der Waals surface area contributed by atoms with Crippen LogP contribution in [0.2, 0.25) is 0 Å². The molecule has 7 heteroatoms. The molecule has 0 bridgehead atoms. The van der Waals surface area contributed by atoms with Crippen LogP contribution in [-0.2, 0) is 18.4 Å². The van der Waals surface area contributed by atoms with Crippen molar-refractivity contribution in [3.8, 4) is 0 Å². The SMILES string of the molecule is O=C(NC[C@@](O)(c1ccoc1)c1cccs1)c1noc2c1CCCC2. The third kappa shape index (κ3) is 2.89. The van der Waals surface area contributed by atoms with Gasteiger partial charge in [0.05, 0.1) is 19.1 Å². The predicted molar refractivity (Wildman–Crippen MR) is 91.5 cm³/mol. The Bertz CT molecular complexity index is 818. The van der Waals surface area contributed by atoms with Gasteiger partial charge in [0.15, 0.2) is 5.69 Å². The van der Waals surface area contributed by atoms with Crippen LogP contribution in [-0.4, -0.2) is 22.7 Å². The van der Waals surface area contributed by atoms with Crippen molar-refractivity contribution in [2.24, 2.45) is 0 Å². The molecule has 2 N–H and O–H groups in total. The normalized spacial score (nSPS) is 16.2. The van der Waals surface area contributed by atoms with Crippen molar-refractivity contribution in [2.45, 2.75) is 31.3 Å². The number of carbonyl (C=O) groups excluding carboxylic acids is 1. The first-order valence-corrected chi connectivity index (χ1v) is 9.11. The minimum atomic E-state index is -1.35. The van der Waals surface area contributed by atoms with Crippen molar-refractivity contribution in [1.82, 2.24) is 10.5 Å². The summed E-state index contributed by atoms with van der Waals surface area (Å²) in [6.45, 7) is 0.0213. The Morgan fingerprint density at radius 2 is 2.24 bits per heavy atom. The molecule has 1 amide bonds. The van der Waals surface area contributed by atoms with Crippen LogP contribution in [0, 0.1) is 0 Å². The van der Waals surface area contributed by atoms with E-state index in [1.165, 1.54) is 23.9 Å². The van der Waals surface area contributed by atoms with E-state index in [1.807, 2.05) is 17.5 Å². The van der Waals surface area contributed by atoms with E-state index in [-0.39, 0.29) is 12.5 Å². The van der Waals surface area contributed by atoms with Gasteiger partial charge in [0.2, 0.25) is 0 Å². The molecule has 0 spiro atoms. The third-order valence-corrected chi connectivity index (χ3v) is 5.62. The minimum Gasteiger partial charge on any atom is -0.472 e. The molecule has 0 saturated heterocycles. The number of nitrogens with one attached hydrogen (secondary N) is 1. The predicted octanol–water partition coefficient (Wildman–Crippen LogP) is 2.87. The Morgan fingerprint density at radius 1 is 1.36 bits per heavy atom. The fourth-order valence-electron chi connectivity index (χ4n) is 3.20. The third-order valence-electron chi connectivity index (χ3n) is 4.60. The summed E-state index contributed by atoms with van der Waals surface area (Å²) in [5, 5.41) is 19.8. The molecule has 3 aromatic rings. The lowest BCUT2D eigenvalue weighted by Crippen LogP contribution is -2.41. The highest BCUT2D eigenvalue weighted by molar-refractivity contribution is 7.10. The van der Waals surface area contributed by atoms with E-state index in [4.69, 9.17) is 8.94 Å². The van der Waals surface area contributed by atoms with E-state index in [0.717, 1.165) is 41.9 Å². The van der Waals surface area contributed by atoms with Crippen LogP contribution in [0.1, 0.15) is 45.1 Å². The van der Waals surface area contributed by atoms with Gasteiger partial charge in [-0.25, -0.2) is 0 Å². The molecule has 1 aliphatic carbocycles. The van der Waals surface area contributed by atoms with Gasteiger partial charge in [-0.15, -0.1) is 11.3 Å². The summed E-state index contributed by atoms with van der Waals surface area (Å²) in [6.07, 6.45) is 6.71. The van der Waals surface area contributed by atoms with Crippen LogP contribution < -0.4 is 5.32 Å². The zero-order chi connectivity index (χ0) is 17.3. The zero-order valence-electron chi connectivity index (χ0n) is 13.5. The Kier molecular flexibility index (Phi) is 4.19. The van der Waals surface area contributed by atoms with E-state index in [2.05, 4.69) is 10.5 Å². The van der Waals surface area contributed by atoms with E-state index < -0.39 is 5.60 Å². The molecular weight excluding hydrogens is 340 g/mol. The smallest absolute Gasteiger partial charge is 0.273 e. The lowest BCUT2D eigenvalue weighted by Gasteiger charge is -2.26. The maximum Gasteiger partial charge on any atom is 0.273 e. The first kappa shape index (κ1) is 16.1. The number of hydrogen-bond acceptors (Lipinski definition) is 6. The summed E-state index contributed by atoms with van der Waals surface area (Å²) in [4.78, 5) is 13.3. The number of thiophene rings is 1. The molecule has 0 aromatic carbocycles. The second-order valence-electron chi connectivity index (χ2n) is 6.17. The molecule has 3 heterocycles. The van der Waals surface area contributed by atoms with Gasteiger partial charge in [-0.1, -0.05) is 11.2 Å². The number of aliphatic hydroxyl groups is 1. The van der Waals surface area contributed by atoms with Gasteiger partial charge in [-0.2, -0.15) is 0 Å². The number of aromatic nitrogens is 1. The lowest BCUT2D eigenvalue weighted by atomic mass is 9.94. The number of carbonyl (C=O) groups is 1. The average Bonchev–Trinajstić information content (AvgIpc) is 3.40. The average molecular weight is 358 g/mol. The molecule has 3 aromatic heterocycles. The Balaban J connectivity index is 1.56. The summed E-state index contributed by atoms with van der Waals surface area (Å²) in [5.74, 6) is 0.477. The summed E-state index contributed by atoms with van der Waals surface area (Å²) < 4.78 is 10.4. The van der Waals surface area contributed by atoms with E-state index in [9.17, 15) is 9.90 Å². The number of amides is 1. The second kappa shape index (κ2) is 6.50. The molecule has 0 radical (unpaired) electrons. The quantitative estimate of drug-likeness (QED) is 0.732. The van der Waals surface area contributed by atoms with Gasteiger partial charge >= 0.3 is 0 Å². The van der Waals surface area contributed by atoms with Gasteiger partial charge < -0.3 is 19.4 Å². The first-order chi connectivity index (χ1) is 12.2. The Hall–Kier alpha value is -2.38. The molecule has 0 unspecified atom stereocenters. The summed E-state index contributed by atoms with van der Waals surface area (Å²) in [5.41, 5.74) is 0.472. The van der Waals surface area contributed by atoms with E-state index in [0.29, 0.717) is 11.3 Å². The molecule has 1 atom stereocenters. The number of nitrogens with zero attached hydrogens (tertiary/aromatic N) is 1. The molecule has 4 rings (SSSR count). The molecule has 0 saturated carbocycles. The summed E-state index contributed by atoms with van der Waals surface area (Å²) in [6, 6.07) is 5.40. The van der Waals surface area contributed by atoms with Crippen LogP contribution in [0.3, 0.4) is 0 Å². The van der Waals surface area contributed by atoms with Crippen molar-refractivity contribution < 1.29 is 18.8 Å². The minimum absolute atomic E-state index is 0.0213. The maximum absolute atomic E-state index is 12.6. The van der Waals surface area contributed by atoms with Crippen molar-refractivity contribution >= 4 is 17.2 Å². The van der Waals surface area contributed by atoms with Crippen LogP contribution in [0.15, 0.2) is 45.0 Å². The van der Waals surface area contributed by atoms with Crippen molar-refractivity contribution in [3.05, 3.63) is 63.6 Å². The molecule has 6 nitrogen and oxygen atoms in total. The molecule has 0 aliphatic heterocycles. The molecule has 1 aliphatic rings. The van der Waals surface area contributed by atoms with Gasteiger partial charge in [0.1, 0.15) is 11.4 Å². The Morgan fingerprint density at radius 3 is 3.00 bits per heavy atom. The lowest BCUT2D eigenvalue weighted by molar-refractivity contribution is 0.0709. The van der Waals surface area contributed by atoms with Gasteiger partial charge in [-0.3, -0.25) is 4.79 Å². The highest BCUT2D eigenvalue weighted by atomic mass is 32.1. The zero-order valence-corrected chi connectivity index (χ0v) is 14.3. The van der Waals surface area contributed by atoms with Gasteiger partial charge in [0, 0.05) is 22.4 Å². The summed E-state index contributed by atoms with van der Waals surface area (Å²) >= 11 is 1.42. The number of fused-ring (bicyclic) bond motifs is 1. The molecule has 25 heavy (non-hydrogen) atoms. The number of aryl methyl sites for hydroxylation is 1. The number of hydrogen-bond donors (Lipinski definition) is 2. The number of rotatable bonds is 5. The highest BCUT2D eigenvalue weighted by Gasteiger charge is 2.35. The van der Waals surface area contributed by atoms with E-state index in [1.54, 1.807) is 6.07 Å². The monoisotopic (exact) mass is 358 g/mol. The molecule has 0 fully saturated rings. The fraction of sp³-hybridized carbons (Fsp3) is 0.333. The Labute approximate surface area is 148 Å². The number of furan rings is 1. The standard InChI is InChI=1S/C18H18N2O4S/c21-17(16-13-4-1-2-5-14(13)24-20-16)19-11-18(22,12-7-8-23-10-12)15-6-3-9-25-15/h3,6-10,22H,1-2,4-5,11H2,(H,19,21)/t18-/m1/s1. The second-order valence-corrected chi connectivity index (χ2v) is 7.12. The van der Waals surface area contributed by atoms with E-state index >= 15 is 0 Å². The van der Waals surface area contributed by atoms with Crippen LogP contribution in [0.4, 0.5) is 0 Å². The summed E-state index contributed by atoms with van der Waals surface area (Å²) in [7, 11) is 0. The van der Waals surface area contributed by atoms with Crippen LogP contribution in [0.25, 0.3) is 0 Å². The van der Waals surface area contributed by atoms with Crippen LogP contribution >= 0.6 is 11.3 Å². The van der Waals surface area contributed by atoms with Crippen LogP contribution in [0.5, 0.6) is 0 Å². The maximum atomic E-state index is 12.6.